The highest BCUT2D eigenvalue weighted by Gasteiger charge is 2.39. The Bertz CT molecular complexity index is 806. The lowest BCUT2D eigenvalue weighted by Gasteiger charge is -2.39. The van der Waals surface area contributed by atoms with Crippen molar-refractivity contribution in [3.05, 3.63) is 47.6 Å². The summed E-state index contributed by atoms with van der Waals surface area (Å²) in [7, 11) is 1.58. The van der Waals surface area contributed by atoms with Crippen LogP contribution in [0.5, 0.6) is 0 Å². The van der Waals surface area contributed by atoms with E-state index in [0.717, 1.165) is 5.56 Å². The Morgan fingerprint density at radius 1 is 1.25 bits per heavy atom. The Balaban J connectivity index is 1.83. The van der Waals surface area contributed by atoms with E-state index in [0.29, 0.717) is 31.3 Å². The number of ether oxygens (including phenoxy) is 1. The summed E-state index contributed by atoms with van der Waals surface area (Å²) >= 11 is 0. The summed E-state index contributed by atoms with van der Waals surface area (Å²) in [5.74, 6) is 0.811. The Morgan fingerprint density at radius 2 is 2.00 bits per heavy atom. The summed E-state index contributed by atoms with van der Waals surface area (Å²) in [5, 5.41) is 3.98. The number of piperazine rings is 1. The monoisotopic (exact) mass is 386 g/mol. The molecule has 2 aromatic rings. The van der Waals surface area contributed by atoms with Crippen molar-refractivity contribution >= 4 is 11.8 Å². The summed E-state index contributed by atoms with van der Waals surface area (Å²) in [6, 6.07) is 9.07. The summed E-state index contributed by atoms with van der Waals surface area (Å²) in [6.45, 7) is 4.87. The minimum Gasteiger partial charge on any atom is -0.383 e. The van der Waals surface area contributed by atoms with Gasteiger partial charge in [0.15, 0.2) is 5.82 Å². The molecule has 28 heavy (non-hydrogen) atoms. The number of amides is 2. The third kappa shape index (κ3) is 4.56. The fourth-order valence-corrected chi connectivity index (χ4v) is 3.19. The normalized spacial score (nSPS) is 17.6. The van der Waals surface area contributed by atoms with Crippen LogP contribution in [0.25, 0.3) is 0 Å². The molecule has 2 heterocycles. The van der Waals surface area contributed by atoms with Crippen LogP contribution in [0, 0.1) is 0 Å². The Hall–Kier alpha value is -2.74. The van der Waals surface area contributed by atoms with E-state index in [2.05, 4.69) is 10.1 Å². The van der Waals surface area contributed by atoms with Gasteiger partial charge in [-0.05, 0) is 5.56 Å². The van der Waals surface area contributed by atoms with Crippen LogP contribution in [0.4, 0.5) is 0 Å². The first-order valence-corrected chi connectivity index (χ1v) is 9.43. The van der Waals surface area contributed by atoms with Gasteiger partial charge in [-0.15, -0.1) is 0 Å². The van der Waals surface area contributed by atoms with Gasteiger partial charge in [0, 0.05) is 26.0 Å². The highest BCUT2D eigenvalue weighted by atomic mass is 16.5. The molecule has 0 saturated carbocycles. The van der Waals surface area contributed by atoms with E-state index >= 15 is 0 Å². The average Bonchev–Trinajstić information content (AvgIpc) is 3.16. The topological polar surface area (TPSA) is 88.8 Å². The van der Waals surface area contributed by atoms with E-state index < -0.39 is 6.04 Å². The summed E-state index contributed by atoms with van der Waals surface area (Å²) < 4.78 is 10.3. The third-order valence-corrected chi connectivity index (χ3v) is 4.75. The first-order valence-electron chi connectivity index (χ1n) is 9.43. The standard InChI is InChI=1S/C20H26N4O4/c1-14(2)19-21-17(22-28-19)12-24-16(11-15-7-5-4-6-8-15)20(26)23(9-10-27-3)13-18(24)25/h4-8,14,16H,9-13H2,1-3H3/t16-/m1/s1. The number of aromatic nitrogens is 2. The lowest BCUT2D eigenvalue weighted by atomic mass is 10.0. The summed E-state index contributed by atoms with van der Waals surface area (Å²) in [6.07, 6.45) is 0.434. The zero-order valence-electron chi connectivity index (χ0n) is 16.5. The molecule has 1 aromatic carbocycles. The number of hydrogen-bond acceptors (Lipinski definition) is 6. The Kier molecular flexibility index (Phi) is 6.41. The van der Waals surface area contributed by atoms with Gasteiger partial charge in [-0.1, -0.05) is 49.3 Å². The number of nitrogens with zero attached hydrogens (tertiary/aromatic N) is 4. The maximum atomic E-state index is 13.1. The molecule has 1 aliphatic rings. The number of carbonyl (C=O) groups is 2. The second kappa shape index (κ2) is 8.97. The lowest BCUT2D eigenvalue weighted by molar-refractivity contribution is -0.157. The zero-order chi connectivity index (χ0) is 20.1. The fourth-order valence-electron chi connectivity index (χ4n) is 3.19. The molecule has 0 spiro atoms. The number of hydrogen-bond donors (Lipinski definition) is 0. The SMILES string of the molecule is COCCN1CC(=O)N(Cc2noc(C(C)C)n2)[C@H](Cc2ccccc2)C1=O. The molecule has 150 valence electrons. The summed E-state index contributed by atoms with van der Waals surface area (Å²) in [4.78, 5) is 33.5. The first kappa shape index (κ1) is 20.0. The van der Waals surface area contributed by atoms with Crippen molar-refractivity contribution < 1.29 is 18.8 Å². The van der Waals surface area contributed by atoms with Crippen molar-refractivity contribution in [1.29, 1.82) is 0 Å². The second-order valence-electron chi connectivity index (χ2n) is 7.18. The van der Waals surface area contributed by atoms with Crippen LogP contribution >= 0.6 is 0 Å². The second-order valence-corrected chi connectivity index (χ2v) is 7.18. The van der Waals surface area contributed by atoms with Gasteiger partial charge in [-0.2, -0.15) is 4.98 Å². The van der Waals surface area contributed by atoms with E-state index in [1.54, 1.807) is 16.9 Å². The zero-order valence-corrected chi connectivity index (χ0v) is 16.5. The van der Waals surface area contributed by atoms with Gasteiger partial charge in [0.25, 0.3) is 0 Å². The minimum atomic E-state index is -0.610. The number of benzene rings is 1. The van der Waals surface area contributed by atoms with Gasteiger partial charge in [0.05, 0.1) is 19.7 Å². The van der Waals surface area contributed by atoms with E-state index in [4.69, 9.17) is 9.26 Å². The Labute approximate surface area is 164 Å². The van der Waals surface area contributed by atoms with E-state index in [-0.39, 0.29) is 30.8 Å². The van der Waals surface area contributed by atoms with E-state index in [9.17, 15) is 9.59 Å². The quantitative estimate of drug-likeness (QED) is 0.685. The molecule has 0 radical (unpaired) electrons. The maximum absolute atomic E-state index is 13.1. The molecule has 1 saturated heterocycles. The first-order chi connectivity index (χ1) is 13.5. The molecular weight excluding hydrogens is 360 g/mol. The molecule has 8 nitrogen and oxygen atoms in total. The van der Waals surface area contributed by atoms with Crippen LogP contribution in [0.2, 0.25) is 0 Å². The highest BCUT2D eigenvalue weighted by Crippen LogP contribution is 2.20. The molecule has 0 bridgehead atoms. The largest absolute Gasteiger partial charge is 0.383 e. The van der Waals surface area contributed by atoms with Crippen LogP contribution in [0.1, 0.15) is 37.0 Å². The predicted octanol–water partition coefficient (Wildman–Crippen LogP) is 1.62. The molecule has 8 heteroatoms. The van der Waals surface area contributed by atoms with E-state index in [1.165, 1.54) is 0 Å². The van der Waals surface area contributed by atoms with Crippen molar-refractivity contribution in [3.8, 4) is 0 Å². The fraction of sp³-hybridized carbons (Fsp3) is 0.500. The van der Waals surface area contributed by atoms with Gasteiger partial charge >= 0.3 is 0 Å². The van der Waals surface area contributed by atoms with Crippen LogP contribution in [0.15, 0.2) is 34.9 Å². The molecule has 3 rings (SSSR count). The van der Waals surface area contributed by atoms with Crippen LogP contribution in [-0.4, -0.2) is 64.6 Å². The van der Waals surface area contributed by atoms with Gasteiger partial charge in [0.2, 0.25) is 17.7 Å². The van der Waals surface area contributed by atoms with Crippen molar-refractivity contribution in [2.24, 2.45) is 0 Å². The molecule has 0 unspecified atom stereocenters. The number of carbonyl (C=O) groups excluding carboxylic acids is 2. The number of rotatable bonds is 8. The average molecular weight is 386 g/mol. The molecule has 2 amide bonds. The van der Waals surface area contributed by atoms with Gasteiger partial charge < -0.3 is 19.1 Å². The Morgan fingerprint density at radius 3 is 2.64 bits per heavy atom. The smallest absolute Gasteiger partial charge is 0.246 e. The van der Waals surface area contributed by atoms with Crippen molar-refractivity contribution in [3.63, 3.8) is 0 Å². The van der Waals surface area contributed by atoms with Gasteiger partial charge in [0.1, 0.15) is 6.04 Å². The molecule has 0 aliphatic carbocycles. The molecule has 1 aliphatic heterocycles. The van der Waals surface area contributed by atoms with Crippen molar-refractivity contribution in [2.45, 2.75) is 38.8 Å². The maximum Gasteiger partial charge on any atom is 0.246 e. The van der Waals surface area contributed by atoms with Gasteiger partial charge in [-0.3, -0.25) is 9.59 Å². The molecule has 1 aromatic heterocycles. The molecular formula is C20H26N4O4. The van der Waals surface area contributed by atoms with E-state index in [1.807, 2.05) is 44.2 Å². The number of methoxy groups -OCH3 is 1. The highest BCUT2D eigenvalue weighted by molar-refractivity contribution is 5.95. The molecule has 1 atom stereocenters. The van der Waals surface area contributed by atoms with Crippen molar-refractivity contribution in [1.82, 2.24) is 19.9 Å². The van der Waals surface area contributed by atoms with Crippen LogP contribution < -0.4 is 0 Å². The minimum absolute atomic E-state index is 0.0301. The van der Waals surface area contributed by atoms with Crippen molar-refractivity contribution in [2.75, 3.05) is 26.8 Å². The molecule has 0 N–H and O–H groups in total. The van der Waals surface area contributed by atoms with Crippen LogP contribution in [0.3, 0.4) is 0 Å². The predicted molar refractivity (Wildman–Crippen MR) is 101 cm³/mol. The third-order valence-electron chi connectivity index (χ3n) is 4.75. The van der Waals surface area contributed by atoms with Crippen LogP contribution in [-0.2, 0) is 27.3 Å². The van der Waals surface area contributed by atoms with Gasteiger partial charge in [-0.25, -0.2) is 0 Å². The summed E-state index contributed by atoms with van der Waals surface area (Å²) in [5.41, 5.74) is 0.989. The lowest BCUT2D eigenvalue weighted by Crippen LogP contribution is -2.60. The molecule has 1 fully saturated rings.